The van der Waals surface area contributed by atoms with Gasteiger partial charge in [-0.05, 0) is 18.2 Å². The van der Waals surface area contributed by atoms with Gasteiger partial charge in [-0.25, -0.2) is 4.99 Å². The van der Waals surface area contributed by atoms with E-state index in [4.69, 9.17) is 23.2 Å². The summed E-state index contributed by atoms with van der Waals surface area (Å²) in [6, 6.07) is 4.98. The van der Waals surface area contributed by atoms with Gasteiger partial charge in [0.1, 0.15) is 5.03 Å². The van der Waals surface area contributed by atoms with Crippen molar-refractivity contribution in [1.29, 1.82) is 0 Å². The minimum absolute atomic E-state index is 0.168. The molecule has 0 saturated carbocycles. The Balaban J connectivity index is 2.94. The molecule has 0 bridgehead atoms. The summed E-state index contributed by atoms with van der Waals surface area (Å²) in [4.78, 5) is 14.7. The van der Waals surface area contributed by atoms with Crippen LogP contribution in [-0.4, -0.2) is 5.91 Å². The molecule has 4 heteroatoms. The Kier molecular flexibility index (Phi) is 1.67. The normalized spacial score (nSPS) is 14.5. The summed E-state index contributed by atoms with van der Waals surface area (Å²) in [7, 11) is 0. The number of fused-ring (bicyclic) bond motifs is 1. The van der Waals surface area contributed by atoms with E-state index in [1.165, 1.54) is 0 Å². The Morgan fingerprint density at radius 2 is 2.00 bits per heavy atom. The molecule has 0 fully saturated rings. The van der Waals surface area contributed by atoms with Crippen LogP contribution < -0.4 is 10.6 Å². The van der Waals surface area contributed by atoms with Crippen LogP contribution in [0.5, 0.6) is 0 Å². The van der Waals surface area contributed by atoms with Gasteiger partial charge in [-0.3, -0.25) is 4.79 Å². The lowest BCUT2D eigenvalue weighted by molar-refractivity contribution is -0.112. The van der Waals surface area contributed by atoms with Crippen LogP contribution in [-0.2, 0) is 4.79 Å². The highest BCUT2D eigenvalue weighted by Gasteiger charge is 2.12. The van der Waals surface area contributed by atoms with Crippen molar-refractivity contribution in [2.45, 2.75) is 0 Å². The van der Waals surface area contributed by atoms with Gasteiger partial charge in [-0.15, -0.1) is 0 Å². The van der Waals surface area contributed by atoms with Crippen molar-refractivity contribution in [1.82, 2.24) is 0 Å². The maximum Gasteiger partial charge on any atom is 0.289 e. The third-order valence-corrected chi connectivity index (χ3v) is 2.21. The molecule has 0 N–H and O–H groups in total. The van der Waals surface area contributed by atoms with Gasteiger partial charge >= 0.3 is 0 Å². The first-order valence-corrected chi connectivity index (χ1v) is 4.02. The third kappa shape index (κ3) is 1.04. The molecule has 1 aromatic rings. The van der Waals surface area contributed by atoms with E-state index in [-0.39, 0.29) is 5.03 Å². The fraction of sp³-hybridized carbons (Fsp3) is 0. The van der Waals surface area contributed by atoms with Gasteiger partial charge in [0, 0.05) is 10.2 Å². The van der Waals surface area contributed by atoms with Gasteiger partial charge < -0.3 is 0 Å². The Morgan fingerprint density at radius 3 is 2.75 bits per heavy atom. The number of carbonyl (C=O) groups is 1. The van der Waals surface area contributed by atoms with Crippen LogP contribution >= 0.6 is 23.2 Å². The molecule has 2 rings (SSSR count). The first-order chi connectivity index (χ1) is 5.68. The minimum Gasteiger partial charge on any atom is -0.266 e. The van der Waals surface area contributed by atoms with Crippen molar-refractivity contribution < 1.29 is 4.79 Å². The average molecular weight is 200 g/mol. The molecule has 0 atom stereocenters. The number of hydrogen-bond acceptors (Lipinski definition) is 1. The van der Waals surface area contributed by atoms with Gasteiger partial charge in [0.25, 0.3) is 5.91 Å². The van der Waals surface area contributed by atoms with Crippen LogP contribution in [0, 0.1) is 0 Å². The molecule has 0 aromatic heterocycles. The van der Waals surface area contributed by atoms with Crippen LogP contribution in [0.25, 0.3) is 5.03 Å². The first kappa shape index (κ1) is 7.77. The fourth-order valence-corrected chi connectivity index (χ4v) is 1.42. The highest BCUT2D eigenvalue weighted by atomic mass is 35.5. The number of hydrogen-bond donors (Lipinski definition) is 0. The molecule has 0 unspecified atom stereocenters. The first-order valence-electron chi connectivity index (χ1n) is 3.27. The Labute approximate surface area is 78.1 Å². The SMILES string of the molecule is O=C1N=c2cc(Cl)ccc2=C1Cl. The summed E-state index contributed by atoms with van der Waals surface area (Å²) in [6.45, 7) is 0. The summed E-state index contributed by atoms with van der Waals surface area (Å²) in [6.07, 6.45) is 0. The largest absolute Gasteiger partial charge is 0.289 e. The molecule has 60 valence electrons. The van der Waals surface area contributed by atoms with Crippen LogP contribution in [0.3, 0.4) is 0 Å². The maximum atomic E-state index is 11.0. The summed E-state index contributed by atoms with van der Waals surface area (Å²) in [5.41, 5.74) is 0. The zero-order valence-corrected chi connectivity index (χ0v) is 7.36. The minimum atomic E-state index is -0.395. The van der Waals surface area contributed by atoms with E-state index >= 15 is 0 Å². The second kappa shape index (κ2) is 2.57. The molecule has 1 aromatic carbocycles. The van der Waals surface area contributed by atoms with E-state index in [1.807, 2.05) is 0 Å². The van der Waals surface area contributed by atoms with Gasteiger partial charge in [-0.1, -0.05) is 23.2 Å². The average Bonchev–Trinajstić information content (AvgIpc) is 2.28. The summed E-state index contributed by atoms with van der Waals surface area (Å²) in [5, 5.41) is 1.93. The molecule has 0 saturated heterocycles. The lowest BCUT2D eigenvalue weighted by atomic mass is 10.3. The van der Waals surface area contributed by atoms with Crippen LogP contribution in [0.2, 0.25) is 5.02 Å². The van der Waals surface area contributed by atoms with E-state index in [9.17, 15) is 4.79 Å². The predicted molar refractivity (Wildman–Crippen MR) is 46.5 cm³/mol. The Bertz CT molecular complexity index is 478. The number of rotatable bonds is 0. The van der Waals surface area contributed by atoms with Crippen molar-refractivity contribution in [3.8, 4) is 0 Å². The van der Waals surface area contributed by atoms with Crippen molar-refractivity contribution in [3.05, 3.63) is 33.8 Å². The monoisotopic (exact) mass is 199 g/mol. The van der Waals surface area contributed by atoms with Crippen molar-refractivity contribution in [3.63, 3.8) is 0 Å². The zero-order chi connectivity index (χ0) is 8.72. The van der Waals surface area contributed by atoms with E-state index in [1.54, 1.807) is 18.2 Å². The highest BCUT2D eigenvalue weighted by molar-refractivity contribution is 6.61. The lowest BCUT2D eigenvalue weighted by Crippen LogP contribution is -2.21. The fourth-order valence-electron chi connectivity index (χ4n) is 1.06. The highest BCUT2D eigenvalue weighted by Crippen LogP contribution is 2.07. The third-order valence-electron chi connectivity index (χ3n) is 1.61. The van der Waals surface area contributed by atoms with E-state index in [0.717, 1.165) is 0 Å². The van der Waals surface area contributed by atoms with Gasteiger partial charge in [-0.2, -0.15) is 0 Å². The molecule has 12 heavy (non-hydrogen) atoms. The molecular weight excluding hydrogens is 197 g/mol. The molecule has 0 aliphatic carbocycles. The number of halogens is 2. The Morgan fingerprint density at radius 1 is 1.25 bits per heavy atom. The molecule has 1 aliphatic heterocycles. The number of amides is 1. The number of benzene rings is 1. The second-order valence-electron chi connectivity index (χ2n) is 2.39. The van der Waals surface area contributed by atoms with Crippen LogP contribution in [0.15, 0.2) is 23.2 Å². The van der Waals surface area contributed by atoms with Gasteiger partial charge in [0.2, 0.25) is 0 Å². The quantitative estimate of drug-likeness (QED) is 0.610. The van der Waals surface area contributed by atoms with E-state index in [2.05, 4.69) is 4.99 Å². The van der Waals surface area contributed by atoms with Crippen molar-refractivity contribution in [2.24, 2.45) is 4.99 Å². The molecule has 1 aliphatic rings. The van der Waals surface area contributed by atoms with Crippen LogP contribution in [0.1, 0.15) is 0 Å². The summed E-state index contributed by atoms with van der Waals surface area (Å²) < 4.78 is 0. The standard InChI is InChI=1S/C8H3Cl2NO/c9-4-1-2-5-6(3-4)11-8(12)7(5)10/h1-3H. The second-order valence-corrected chi connectivity index (χ2v) is 3.21. The molecule has 1 amide bonds. The molecule has 1 heterocycles. The Hall–Kier alpha value is -0.860. The molecular formula is C8H3Cl2NO. The topological polar surface area (TPSA) is 29.4 Å². The van der Waals surface area contributed by atoms with Crippen LogP contribution in [0.4, 0.5) is 0 Å². The zero-order valence-electron chi connectivity index (χ0n) is 5.84. The van der Waals surface area contributed by atoms with E-state index < -0.39 is 5.91 Å². The lowest BCUT2D eigenvalue weighted by Gasteiger charge is -1.85. The summed E-state index contributed by atoms with van der Waals surface area (Å²) in [5.74, 6) is -0.395. The van der Waals surface area contributed by atoms with Crippen molar-refractivity contribution in [2.75, 3.05) is 0 Å². The molecule has 0 radical (unpaired) electrons. The predicted octanol–water partition coefficient (Wildman–Crippen LogP) is 0.847. The van der Waals surface area contributed by atoms with Gasteiger partial charge in [0.15, 0.2) is 0 Å². The molecule has 0 spiro atoms. The van der Waals surface area contributed by atoms with Gasteiger partial charge in [0.05, 0.1) is 5.36 Å². The maximum absolute atomic E-state index is 11.0. The molecule has 2 nitrogen and oxygen atoms in total. The smallest absolute Gasteiger partial charge is 0.266 e. The summed E-state index contributed by atoms with van der Waals surface area (Å²) >= 11 is 11.4. The number of nitrogens with zero attached hydrogens (tertiary/aromatic N) is 1. The number of carbonyl (C=O) groups excluding carboxylic acids is 1. The van der Waals surface area contributed by atoms with Crippen molar-refractivity contribution >= 4 is 34.1 Å². The van der Waals surface area contributed by atoms with E-state index in [0.29, 0.717) is 15.6 Å².